The Kier molecular flexibility index (Phi) is 5.65. The Labute approximate surface area is 181 Å². The molecule has 0 saturated carbocycles. The van der Waals surface area contributed by atoms with Crippen LogP contribution in [0.4, 0.5) is 13.2 Å². The number of ether oxygens (including phenoxy) is 2. The van der Waals surface area contributed by atoms with Crippen LogP contribution in [0.5, 0.6) is 11.5 Å². The average molecular weight is 444 g/mol. The first-order valence-electron chi connectivity index (χ1n) is 9.73. The number of amides is 2. The van der Waals surface area contributed by atoms with E-state index in [4.69, 9.17) is 9.47 Å². The van der Waals surface area contributed by atoms with Crippen molar-refractivity contribution >= 4 is 11.8 Å². The Morgan fingerprint density at radius 1 is 1.06 bits per heavy atom. The predicted molar refractivity (Wildman–Crippen MR) is 108 cm³/mol. The number of hydrogen-bond acceptors (Lipinski definition) is 4. The van der Waals surface area contributed by atoms with E-state index in [-0.39, 0.29) is 18.7 Å². The molecule has 3 aromatic rings. The lowest BCUT2D eigenvalue weighted by Crippen LogP contribution is -2.48. The molecule has 2 aromatic carbocycles. The van der Waals surface area contributed by atoms with Gasteiger partial charge in [0.1, 0.15) is 30.7 Å². The van der Waals surface area contributed by atoms with E-state index >= 15 is 0 Å². The number of rotatable bonds is 5. The van der Waals surface area contributed by atoms with Crippen LogP contribution in [0.25, 0.3) is 0 Å². The first-order valence-corrected chi connectivity index (χ1v) is 9.73. The van der Waals surface area contributed by atoms with Crippen molar-refractivity contribution in [2.45, 2.75) is 18.8 Å². The number of nitrogens with zero attached hydrogens (tertiary/aromatic N) is 2. The summed E-state index contributed by atoms with van der Waals surface area (Å²) in [7, 11) is 1.54. The second-order valence-electron chi connectivity index (χ2n) is 7.21. The van der Waals surface area contributed by atoms with Gasteiger partial charge in [0.05, 0.1) is 12.7 Å². The third-order valence-electron chi connectivity index (χ3n) is 5.21. The largest absolute Gasteiger partial charge is 0.497 e. The number of halogens is 3. The Morgan fingerprint density at radius 2 is 1.78 bits per heavy atom. The monoisotopic (exact) mass is 444 g/mol. The molecule has 1 aromatic heterocycles. The van der Waals surface area contributed by atoms with E-state index in [1.807, 2.05) is 0 Å². The van der Waals surface area contributed by atoms with Crippen molar-refractivity contribution in [1.29, 1.82) is 0 Å². The zero-order valence-corrected chi connectivity index (χ0v) is 17.0. The minimum Gasteiger partial charge on any atom is -0.497 e. The van der Waals surface area contributed by atoms with Gasteiger partial charge in [-0.15, -0.1) is 0 Å². The fraction of sp³-hybridized carbons (Fsp3) is 0.217. The van der Waals surface area contributed by atoms with Crippen molar-refractivity contribution in [2.24, 2.45) is 0 Å². The van der Waals surface area contributed by atoms with Gasteiger partial charge in [-0.2, -0.15) is 13.2 Å². The number of imide groups is 1. The Bertz CT molecular complexity index is 1140. The summed E-state index contributed by atoms with van der Waals surface area (Å²) < 4.78 is 52.0. The molecule has 1 aliphatic rings. The van der Waals surface area contributed by atoms with Gasteiger partial charge in [0.2, 0.25) is 5.91 Å². The molecule has 9 heteroatoms. The number of aromatic nitrogens is 1. The third-order valence-corrected chi connectivity index (χ3v) is 5.21. The highest BCUT2D eigenvalue weighted by atomic mass is 19.4. The molecule has 6 nitrogen and oxygen atoms in total. The Morgan fingerprint density at radius 3 is 2.47 bits per heavy atom. The van der Waals surface area contributed by atoms with Gasteiger partial charge in [-0.05, 0) is 54.6 Å². The van der Waals surface area contributed by atoms with Gasteiger partial charge in [-0.25, -0.2) is 0 Å². The molecule has 0 bridgehead atoms. The lowest BCUT2D eigenvalue weighted by atomic mass is 10.1. The molecule has 0 N–H and O–H groups in total. The molecule has 32 heavy (non-hydrogen) atoms. The second kappa shape index (κ2) is 8.41. The minimum atomic E-state index is -4.60. The van der Waals surface area contributed by atoms with Crippen molar-refractivity contribution in [3.63, 3.8) is 0 Å². The summed E-state index contributed by atoms with van der Waals surface area (Å²) in [6.45, 7) is -0.154. The lowest BCUT2D eigenvalue weighted by molar-refractivity contribution is -0.137. The van der Waals surface area contributed by atoms with Gasteiger partial charge in [0.15, 0.2) is 0 Å². The molecule has 0 fully saturated rings. The third kappa shape index (κ3) is 4.18. The first kappa shape index (κ1) is 21.5. The van der Waals surface area contributed by atoms with Crippen LogP contribution < -0.4 is 9.47 Å². The van der Waals surface area contributed by atoms with Crippen molar-refractivity contribution in [3.8, 4) is 11.5 Å². The molecular formula is C23H19F3N2O4. The molecule has 0 unspecified atom stereocenters. The maximum absolute atomic E-state index is 13.2. The topological polar surface area (TPSA) is 60.8 Å². The number of hydrogen-bond donors (Lipinski definition) is 0. The summed E-state index contributed by atoms with van der Waals surface area (Å²) in [6.07, 6.45) is -2.90. The summed E-state index contributed by atoms with van der Waals surface area (Å²) in [6, 6.07) is 13.5. The molecule has 1 atom stereocenters. The molecule has 4 rings (SSSR count). The van der Waals surface area contributed by atoms with Gasteiger partial charge in [0.25, 0.3) is 5.91 Å². The van der Waals surface area contributed by atoms with Crippen LogP contribution >= 0.6 is 0 Å². The van der Waals surface area contributed by atoms with Gasteiger partial charge in [0, 0.05) is 17.5 Å². The van der Waals surface area contributed by atoms with E-state index in [1.54, 1.807) is 47.2 Å². The van der Waals surface area contributed by atoms with E-state index in [9.17, 15) is 22.8 Å². The standard InChI is InChI=1S/C23H19F3N2O4/c1-31-17-7-9-18(10-8-17)32-14-20-19-6-3-11-27(19)13-21(29)28(20)22(30)15-4-2-5-16(12-15)23(24,25)26/h2-12,20H,13-14H2,1H3/t20-/m1/s1. The van der Waals surface area contributed by atoms with Gasteiger partial charge < -0.3 is 14.0 Å². The van der Waals surface area contributed by atoms with E-state index in [2.05, 4.69) is 0 Å². The molecule has 0 aliphatic carbocycles. The van der Waals surface area contributed by atoms with Crippen LogP contribution in [0, 0.1) is 0 Å². The van der Waals surface area contributed by atoms with Crippen molar-refractivity contribution in [2.75, 3.05) is 13.7 Å². The molecule has 2 heterocycles. The van der Waals surface area contributed by atoms with E-state index < -0.39 is 29.6 Å². The average Bonchev–Trinajstić information content (AvgIpc) is 3.25. The smallest absolute Gasteiger partial charge is 0.416 e. The summed E-state index contributed by atoms with van der Waals surface area (Å²) in [4.78, 5) is 27.0. The minimum absolute atomic E-state index is 0.0627. The highest BCUT2D eigenvalue weighted by molar-refractivity contribution is 6.05. The van der Waals surface area contributed by atoms with Gasteiger partial charge >= 0.3 is 6.18 Å². The second-order valence-corrected chi connectivity index (χ2v) is 7.21. The van der Waals surface area contributed by atoms with Crippen LogP contribution in [0.2, 0.25) is 0 Å². The summed E-state index contributed by atoms with van der Waals surface area (Å²) in [5.74, 6) is -0.204. The van der Waals surface area contributed by atoms with Gasteiger partial charge in [-0.3, -0.25) is 14.5 Å². The normalized spacial score (nSPS) is 15.9. The van der Waals surface area contributed by atoms with Crippen LogP contribution in [-0.2, 0) is 17.5 Å². The van der Waals surface area contributed by atoms with Crippen molar-refractivity contribution < 1.29 is 32.2 Å². The molecular weight excluding hydrogens is 425 g/mol. The lowest BCUT2D eigenvalue weighted by Gasteiger charge is -2.35. The number of methoxy groups -OCH3 is 1. The highest BCUT2D eigenvalue weighted by Crippen LogP contribution is 2.32. The molecule has 0 spiro atoms. The SMILES string of the molecule is COc1ccc(OC[C@@H]2c3cccn3CC(=O)N2C(=O)c2cccc(C(F)(F)F)c2)cc1. The fourth-order valence-corrected chi connectivity index (χ4v) is 3.63. The zero-order valence-electron chi connectivity index (χ0n) is 17.0. The molecule has 1 aliphatic heterocycles. The van der Waals surface area contributed by atoms with Gasteiger partial charge in [-0.1, -0.05) is 6.07 Å². The number of fused-ring (bicyclic) bond motifs is 1. The molecule has 0 radical (unpaired) electrons. The molecule has 2 amide bonds. The number of alkyl halides is 3. The zero-order chi connectivity index (χ0) is 22.9. The first-order chi connectivity index (χ1) is 15.3. The number of carbonyl (C=O) groups is 2. The van der Waals surface area contributed by atoms with Crippen molar-refractivity contribution in [1.82, 2.24) is 9.47 Å². The summed E-state index contributed by atoms with van der Waals surface area (Å²) in [5, 5.41) is 0. The van der Waals surface area contributed by atoms with E-state index in [0.29, 0.717) is 17.2 Å². The van der Waals surface area contributed by atoms with Crippen molar-refractivity contribution in [3.05, 3.63) is 83.7 Å². The van der Waals surface area contributed by atoms with E-state index in [0.717, 1.165) is 23.1 Å². The maximum atomic E-state index is 13.2. The maximum Gasteiger partial charge on any atom is 0.416 e. The van der Waals surface area contributed by atoms with Crippen LogP contribution in [0.3, 0.4) is 0 Å². The summed E-state index contributed by atoms with van der Waals surface area (Å²) in [5.41, 5.74) is -0.525. The molecule has 166 valence electrons. The fourth-order valence-electron chi connectivity index (χ4n) is 3.63. The Hall–Kier alpha value is -3.75. The number of carbonyl (C=O) groups excluding carboxylic acids is 2. The van der Waals surface area contributed by atoms with Crippen LogP contribution in [-0.4, -0.2) is 35.0 Å². The Balaban J connectivity index is 1.64. The summed E-state index contributed by atoms with van der Waals surface area (Å²) >= 11 is 0. The quantitative estimate of drug-likeness (QED) is 0.550. The highest BCUT2D eigenvalue weighted by Gasteiger charge is 2.38. The van der Waals surface area contributed by atoms with E-state index in [1.165, 1.54) is 13.2 Å². The molecule has 0 saturated heterocycles. The van der Waals surface area contributed by atoms with Crippen LogP contribution in [0.1, 0.15) is 27.7 Å². The predicted octanol–water partition coefficient (Wildman–Crippen LogP) is 4.32. The number of benzene rings is 2. The van der Waals surface area contributed by atoms with Crippen LogP contribution in [0.15, 0.2) is 66.9 Å².